The quantitative estimate of drug-likeness (QED) is 0.492. The molecule has 4 aromatic rings. The van der Waals surface area contributed by atoms with Crippen molar-refractivity contribution in [3.8, 4) is 0 Å². The number of amides is 1. The first-order valence-corrected chi connectivity index (χ1v) is 9.42. The Morgan fingerprint density at radius 2 is 1.93 bits per heavy atom. The lowest BCUT2D eigenvalue weighted by molar-refractivity contribution is 0.0970. The summed E-state index contributed by atoms with van der Waals surface area (Å²) in [7, 11) is 0. The Bertz CT molecular complexity index is 1290. The fraction of sp³-hybridized carbons (Fsp3) is 0.0526. The fourth-order valence-electron chi connectivity index (χ4n) is 3.38. The molecule has 9 heteroatoms. The molecule has 6 nitrogen and oxygen atoms in total. The summed E-state index contributed by atoms with van der Waals surface area (Å²) in [5.74, 6) is -1.15. The number of carbonyl (C=O) groups excluding carboxylic acids is 1. The van der Waals surface area contributed by atoms with Crippen molar-refractivity contribution in [1.29, 1.82) is 0 Å². The van der Waals surface area contributed by atoms with Gasteiger partial charge in [-0.1, -0.05) is 35.1 Å². The van der Waals surface area contributed by atoms with Gasteiger partial charge < -0.3 is 4.42 Å². The average molecular weight is 414 g/mol. The first-order chi connectivity index (χ1) is 13.5. The Morgan fingerprint density at radius 3 is 2.64 bits per heavy atom. The number of fused-ring (bicyclic) bond motifs is 2. The molecule has 28 heavy (non-hydrogen) atoms. The zero-order valence-electron chi connectivity index (χ0n) is 13.9. The highest BCUT2D eigenvalue weighted by Gasteiger charge is 2.44. The van der Waals surface area contributed by atoms with Crippen LogP contribution < -0.4 is 10.3 Å². The van der Waals surface area contributed by atoms with Crippen LogP contribution in [0.15, 0.2) is 57.2 Å². The first-order valence-electron chi connectivity index (χ1n) is 8.16. The number of carbonyl (C=O) groups is 1. The number of aromatic nitrogens is 2. The van der Waals surface area contributed by atoms with Gasteiger partial charge in [-0.2, -0.15) is 0 Å². The van der Waals surface area contributed by atoms with Gasteiger partial charge >= 0.3 is 0 Å². The van der Waals surface area contributed by atoms with Crippen LogP contribution in [-0.4, -0.2) is 16.1 Å². The van der Waals surface area contributed by atoms with Gasteiger partial charge in [0, 0.05) is 5.02 Å². The molecule has 1 amide bonds. The molecule has 0 saturated heterocycles. The van der Waals surface area contributed by atoms with Crippen LogP contribution in [0.1, 0.15) is 27.7 Å². The summed E-state index contributed by atoms with van der Waals surface area (Å²) in [4.78, 5) is 27.7. The molecule has 0 fully saturated rings. The molecule has 2 aromatic carbocycles. The van der Waals surface area contributed by atoms with Gasteiger partial charge in [0.1, 0.15) is 16.9 Å². The summed E-state index contributed by atoms with van der Waals surface area (Å²) in [6.07, 6.45) is 0. The third kappa shape index (κ3) is 2.45. The van der Waals surface area contributed by atoms with Crippen LogP contribution in [-0.2, 0) is 0 Å². The van der Waals surface area contributed by atoms with Crippen molar-refractivity contribution in [2.24, 2.45) is 0 Å². The molecular weight excluding hydrogens is 405 g/mol. The maximum Gasteiger partial charge on any atom is 0.297 e. The van der Waals surface area contributed by atoms with Crippen LogP contribution in [0.5, 0.6) is 0 Å². The predicted molar refractivity (Wildman–Crippen MR) is 102 cm³/mol. The Balaban J connectivity index is 1.83. The van der Waals surface area contributed by atoms with Gasteiger partial charge in [-0.05, 0) is 35.9 Å². The van der Waals surface area contributed by atoms with Crippen molar-refractivity contribution in [3.63, 3.8) is 0 Å². The number of rotatable bonds is 2. The highest BCUT2D eigenvalue weighted by Crippen LogP contribution is 2.41. The summed E-state index contributed by atoms with van der Waals surface area (Å²) in [5.41, 5.74) is 1.96. The van der Waals surface area contributed by atoms with E-state index in [-0.39, 0.29) is 22.3 Å². The molecule has 1 aliphatic heterocycles. The van der Waals surface area contributed by atoms with Crippen molar-refractivity contribution in [2.75, 3.05) is 4.90 Å². The molecule has 0 aliphatic carbocycles. The minimum atomic E-state index is -0.781. The molecule has 138 valence electrons. The Labute approximate surface area is 165 Å². The van der Waals surface area contributed by atoms with E-state index in [1.807, 2.05) is 0 Å². The average Bonchev–Trinajstić information content (AvgIpc) is 3.30. The van der Waals surface area contributed by atoms with Crippen LogP contribution in [0.2, 0.25) is 5.02 Å². The summed E-state index contributed by atoms with van der Waals surface area (Å²) in [5, 5.41) is 8.69. The van der Waals surface area contributed by atoms with E-state index in [0.29, 0.717) is 15.7 Å². The second kappa shape index (κ2) is 6.22. The Morgan fingerprint density at radius 1 is 1.14 bits per heavy atom. The van der Waals surface area contributed by atoms with Gasteiger partial charge in [0.2, 0.25) is 10.9 Å². The second-order valence-electron chi connectivity index (χ2n) is 6.17. The zero-order chi connectivity index (χ0) is 19.4. The first kappa shape index (κ1) is 17.0. The molecular formula is C19H9ClFN3O3S. The minimum absolute atomic E-state index is 0.0737. The third-order valence-corrected chi connectivity index (χ3v) is 5.51. The summed E-state index contributed by atoms with van der Waals surface area (Å²) in [6.45, 7) is 0. The van der Waals surface area contributed by atoms with Crippen molar-refractivity contribution in [2.45, 2.75) is 6.04 Å². The molecule has 5 rings (SSSR count). The molecule has 0 N–H and O–H groups in total. The van der Waals surface area contributed by atoms with Crippen molar-refractivity contribution in [1.82, 2.24) is 10.2 Å². The van der Waals surface area contributed by atoms with E-state index >= 15 is 0 Å². The summed E-state index contributed by atoms with van der Waals surface area (Å²) >= 11 is 7.15. The molecule has 1 aliphatic rings. The smallest absolute Gasteiger partial charge is 0.297 e. The van der Waals surface area contributed by atoms with Crippen molar-refractivity contribution in [3.05, 3.63) is 85.9 Å². The van der Waals surface area contributed by atoms with Crippen molar-refractivity contribution < 1.29 is 13.6 Å². The maximum absolute atomic E-state index is 13.7. The van der Waals surface area contributed by atoms with Gasteiger partial charge in [0.05, 0.1) is 17.0 Å². The molecule has 0 saturated carbocycles. The lowest BCUT2D eigenvalue weighted by Gasteiger charge is -2.22. The van der Waals surface area contributed by atoms with Gasteiger partial charge in [0.25, 0.3) is 5.91 Å². The largest absolute Gasteiger partial charge is 0.450 e. The molecule has 0 radical (unpaired) electrons. The lowest BCUT2D eigenvalue weighted by atomic mass is 9.99. The number of anilines is 1. The highest BCUT2D eigenvalue weighted by molar-refractivity contribution is 7.13. The number of benzene rings is 2. The molecule has 2 aromatic heterocycles. The highest BCUT2D eigenvalue weighted by atomic mass is 35.5. The molecule has 0 bridgehead atoms. The van der Waals surface area contributed by atoms with Gasteiger partial charge in [-0.15, -0.1) is 10.2 Å². The minimum Gasteiger partial charge on any atom is -0.450 e. The van der Waals surface area contributed by atoms with E-state index in [9.17, 15) is 14.0 Å². The van der Waals surface area contributed by atoms with Crippen LogP contribution in [0.25, 0.3) is 11.0 Å². The molecule has 1 atom stereocenters. The van der Waals surface area contributed by atoms with Crippen LogP contribution >= 0.6 is 22.9 Å². The SMILES string of the molecule is O=C1c2oc3ccc(F)cc3c(=O)c2C(c2ccc(Cl)cc2)N1c1nncs1. The van der Waals surface area contributed by atoms with E-state index in [1.165, 1.54) is 22.5 Å². The number of hydrogen-bond donors (Lipinski definition) is 0. The van der Waals surface area contributed by atoms with Gasteiger partial charge in [-0.3, -0.25) is 14.5 Å². The van der Waals surface area contributed by atoms with Crippen LogP contribution in [0.3, 0.4) is 0 Å². The topological polar surface area (TPSA) is 76.3 Å². The van der Waals surface area contributed by atoms with Gasteiger partial charge in [-0.25, -0.2) is 4.39 Å². The Kier molecular flexibility index (Phi) is 3.78. The van der Waals surface area contributed by atoms with E-state index in [4.69, 9.17) is 16.0 Å². The number of nitrogens with zero attached hydrogens (tertiary/aromatic N) is 3. The molecule has 3 heterocycles. The number of hydrogen-bond acceptors (Lipinski definition) is 6. The van der Waals surface area contributed by atoms with E-state index < -0.39 is 23.2 Å². The lowest BCUT2D eigenvalue weighted by Crippen LogP contribution is -2.29. The zero-order valence-corrected chi connectivity index (χ0v) is 15.5. The standard InChI is InChI=1S/C19H9ClFN3O3S/c20-10-3-1-9(2-4-10)15-14-16(25)12-7-11(21)5-6-13(12)27-17(14)18(26)24(15)19-23-22-8-28-19/h1-8,15H. The van der Waals surface area contributed by atoms with Crippen LogP contribution in [0.4, 0.5) is 9.52 Å². The number of halogens is 2. The Hall–Kier alpha value is -3.10. The van der Waals surface area contributed by atoms with Crippen LogP contribution in [0, 0.1) is 5.82 Å². The molecule has 1 unspecified atom stereocenters. The molecule has 0 spiro atoms. The second-order valence-corrected chi connectivity index (χ2v) is 7.41. The van der Waals surface area contributed by atoms with Crippen molar-refractivity contribution >= 4 is 44.9 Å². The normalized spacial score (nSPS) is 16.0. The predicted octanol–water partition coefficient (Wildman–Crippen LogP) is 4.19. The summed E-state index contributed by atoms with van der Waals surface area (Å²) < 4.78 is 19.4. The van der Waals surface area contributed by atoms with E-state index in [1.54, 1.807) is 24.3 Å². The maximum atomic E-state index is 13.7. The third-order valence-electron chi connectivity index (χ3n) is 4.57. The van der Waals surface area contributed by atoms with E-state index in [0.717, 1.165) is 17.4 Å². The monoisotopic (exact) mass is 413 g/mol. The van der Waals surface area contributed by atoms with E-state index in [2.05, 4.69) is 10.2 Å². The van der Waals surface area contributed by atoms with Gasteiger partial charge in [0.15, 0.2) is 5.43 Å². The summed E-state index contributed by atoms with van der Waals surface area (Å²) in [6, 6.07) is 9.62. The fourth-order valence-corrected chi connectivity index (χ4v) is 4.09.